The van der Waals surface area contributed by atoms with E-state index < -0.39 is 5.91 Å². The minimum Gasteiger partial charge on any atom is -0.451 e. The molecule has 6 aromatic rings. The van der Waals surface area contributed by atoms with Gasteiger partial charge in [-0.2, -0.15) is 0 Å². The molecule has 38 heavy (non-hydrogen) atoms. The summed E-state index contributed by atoms with van der Waals surface area (Å²) in [4.78, 5) is 14.4. The van der Waals surface area contributed by atoms with Gasteiger partial charge in [0.25, 0.3) is 5.91 Å². The van der Waals surface area contributed by atoms with Crippen LogP contribution in [0, 0.1) is 13.8 Å². The lowest BCUT2D eigenvalue weighted by molar-refractivity contribution is 0.0951. The molecule has 2 heterocycles. The Labute approximate surface area is 224 Å². The summed E-state index contributed by atoms with van der Waals surface area (Å²) in [5.41, 5.74) is 6.29. The Morgan fingerprint density at radius 3 is 2.53 bits per heavy atom. The first-order chi connectivity index (χ1) is 18.4. The lowest BCUT2D eigenvalue weighted by atomic mass is 10.1. The summed E-state index contributed by atoms with van der Waals surface area (Å²) in [7, 11) is 0. The number of anilines is 1. The molecule has 0 fully saturated rings. The summed E-state index contributed by atoms with van der Waals surface area (Å²) in [6.45, 7) is 4.10. The molecule has 7 nitrogen and oxygen atoms in total. The van der Waals surface area contributed by atoms with Crippen molar-refractivity contribution in [3.05, 3.63) is 108 Å². The molecule has 0 aliphatic heterocycles. The summed E-state index contributed by atoms with van der Waals surface area (Å²) >= 11 is 5.38. The molecule has 0 saturated carbocycles. The van der Waals surface area contributed by atoms with Crippen LogP contribution in [-0.4, -0.2) is 26.0 Å². The van der Waals surface area contributed by atoms with Crippen LogP contribution in [0.15, 0.2) is 95.4 Å². The van der Waals surface area contributed by atoms with Crippen molar-refractivity contribution in [1.29, 1.82) is 0 Å². The molecule has 0 spiro atoms. The standard InChI is InChI=1S/C30H23N5O2S/c1-18-10-11-21(16-19(18)2)27-14-15-28(37-27)29(36)32-30(38)31-22-12-13-24-25(17-22)34-35(33-24)26-9-5-7-20-6-3-4-8-23(20)26/h3-17H,1-2H3,(H2,31,32,36,38). The van der Waals surface area contributed by atoms with E-state index in [1.54, 1.807) is 16.9 Å². The molecule has 186 valence electrons. The molecule has 0 aliphatic rings. The zero-order valence-electron chi connectivity index (χ0n) is 20.7. The highest BCUT2D eigenvalue weighted by atomic mass is 32.1. The third kappa shape index (κ3) is 4.53. The van der Waals surface area contributed by atoms with E-state index in [1.165, 1.54) is 5.56 Å². The summed E-state index contributed by atoms with van der Waals surface area (Å²) in [5.74, 6) is 0.369. The number of furan rings is 1. The van der Waals surface area contributed by atoms with Crippen LogP contribution in [0.5, 0.6) is 0 Å². The van der Waals surface area contributed by atoms with E-state index in [2.05, 4.69) is 46.0 Å². The number of nitrogens with one attached hydrogen (secondary N) is 2. The fourth-order valence-corrected chi connectivity index (χ4v) is 4.53. The van der Waals surface area contributed by atoms with Crippen LogP contribution in [0.25, 0.3) is 38.8 Å². The quantitative estimate of drug-likeness (QED) is 0.257. The van der Waals surface area contributed by atoms with Crippen LogP contribution in [0.1, 0.15) is 21.7 Å². The van der Waals surface area contributed by atoms with Gasteiger partial charge in [0.2, 0.25) is 0 Å². The number of nitrogens with zero attached hydrogens (tertiary/aromatic N) is 3. The molecular formula is C30H23N5O2S. The highest BCUT2D eigenvalue weighted by Gasteiger charge is 2.15. The Bertz CT molecular complexity index is 1850. The second-order valence-corrected chi connectivity index (χ2v) is 9.47. The van der Waals surface area contributed by atoms with Crippen LogP contribution < -0.4 is 10.6 Å². The molecule has 0 radical (unpaired) electrons. The monoisotopic (exact) mass is 517 g/mol. The number of rotatable bonds is 4. The van der Waals surface area contributed by atoms with E-state index in [1.807, 2.05) is 67.6 Å². The van der Waals surface area contributed by atoms with Gasteiger partial charge in [-0.05, 0) is 85.0 Å². The molecule has 0 unspecified atom stereocenters. The van der Waals surface area contributed by atoms with Crippen LogP contribution in [0.4, 0.5) is 5.69 Å². The number of aromatic nitrogens is 3. The van der Waals surface area contributed by atoms with Crippen molar-refractivity contribution >= 4 is 50.7 Å². The number of aryl methyl sites for hydroxylation is 2. The molecule has 0 aliphatic carbocycles. The molecule has 0 atom stereocenters. The molecular weight excluding hydrogens is 494 g/mol. The number of benzene rings is 4. The molecule has 0 saturated heterocycles. The van der Waals surface area contributed by atoms with Crippen molar-refractivity contribution in [3.8, 4) is 17.0 Å². The van der Waals surface area contributed by atoms with Gasteiger partial charge in [0.05, 0.1) is 5.69 Å². The van der Waals surface area contributed by atoms with Gasteiger partial charge in [0.1, 0.15) is 16.8 Å². The minimum atomic E-state index is -0.430. The molecule has 0 bridgehead atoms. The molecule has 2 N–H and O–H groups in total. The van der Waals surface area contributed by atoms with Gasteiger partial charge in [0, 0.05) is 16.6 Å². The van der Waals surface area contributed by atoms with Crippen molar-refractivity contribution < 1.29 is 9.21 Å². The zero-order valence-corrected chi connectivity index (χ0v) is 21.5. The van der Waals surface area contributed by atoms with Crippen LogP contribution >= 0.6 is 12.2 Å². The van der Waals surface area contributed by atoms with Crippen molar-refractivity contribution in [3.63, 3.8) is 0 Å². The first kappa shape index (κ1) is 23.6. The Morgan fingerprint density at radius 1 is 0.842 bits per heavy atom. The predicted molar refractivity (Wildman–Crippen MR) is 154 cm³/mol. The third-order valence-electron chi connectivity index (χ3n) is 6.47. The number of amides is 1. The van der Waals surface area contributed by atoms with E-state index in [0.717, 1.165) is 33.1 Å². The fourth-order valence-electron chi connectivity index (χ4n) is 4.32. The van der Waals surface area contributed by atoms with Crippen LogP contribution in [0.2, 0.25) is 0 Å². The Balaban J connectivity index is 1.17. The summed E-state index contributed by atoms with van der Waals surface area (Å²) in [5, 5.41) is 17.4. The smallest absolute Gasteiger partial charge is 0.293 e. The normalized spacial score (nSPS) is 11.1. The number of carbonyl (C=O) groups is 1. The molecule has 2 aromatic heterocycles. The maximum absolute atomic E-state index is 12.7. The van der Waals surface area contributed by atoms with E-state index in [0.29, 0.717) is 17.0 Å². The maximum atomic E-state index is 12.7. The van der Waals surface area contributed by atoms with E-state index in [-0.39, 0.29) is 10.9 Å². The molecule has 4 aromatic carbocycles. The highest BCUT2D eigenvalue weighted by Crippen LogP contribution is 2.25. The first-order valence-electron chi connectivity index (χ1n) is 12.1. The number of hydrogen-bond acceptors (Lipinski definition) is 5. The number of thiocarbonyl (C=S) groups is 1. The van der Waals surface area contributed by atoms with Gasteiger partial charge in [-0.25, -0.2) is 0 Å². The van der Waals surface area contributed by atoms with Gasteiger partial charge >= 0.3 is 0 Å². The SMILES string of the molecule is Cc1ccc(-c2ccc(C(=O)NC(=S)Nc3ccc4nn(-c5cccc6ccccc56)nc4c3)o2)cc1C. The van der Waals surface area contributed by atoms with Gasteiger partial charge < -0.3 is 9.73 Å². The zero-order chi connectivity index (χ0) is 26.2. The van der Waals surface area contributed by atoms with E-state index >= 15 is 0 Å². The third-order valence-corrected chi connectivity index (χ3v) is 6.67. The second-order valence-electron chi connectivity index (χ2n) is 9.06. The minimum absolute atomic E-state index is 0.153. The fraction of sp³-hybridized carbons (Fsp3) is 0.0667. The average Bonchev–Trinajstić information content (AvgIpc) is 3.57. The molecule has 1 amide bonds. The molecule has 6 rings (SSSR count). The second kappa shape index (κ2) is 9.57. The summed E-state index contributed by atoms with van der Waals surface area (Å²) in [6, 6.07) is 29.2. The Kier molecular flexibility index (Phi) is 5.94. The highest BCUT2D eigenvalue weighted by molar-refractivity contribution is 7.80. The predicted octanol–water partition coefficient (Wildman–Crippen LogP) is 6.58. The molecule has 8 heteroatoms. The van der Waals surface area contributed by atoms with E-state index in [9.17, 15) is 4.79 Å². The lowest BCUT2D eigenvalue weighted by Crippen LogP contribution is -2.33. The average molecular weight is 518 g/mol. The van der Waals surface area contributed by atoms with Crippen molar-refractivity contribution in [2.75, 3.05) is 5.32 Å². The lowest BCUT2D eigenvalue weighted by Gasteiger charge is -2.08. The van der Waals surface area contributed by atoms with Gasteiger partial charge in [-0.3, -0.25) is 10.1 Å². The summed E-state index contributed by atoms with van der Waals surface area (Å²) < 4.78 is 5.79. The number of fused-ring (bicyclic) bond motifs is 2. The van der Waals surface area contributed by atoms with Crippen LogP contribution in [0.3, 0.4) is 0 Å². The van der Waals surface area contributed by atoms with Crippen LogP contribution in [-0.2, 0) is 0 Å². The van der Waals surface area contributed by atoms with Crippen molar-refractivity contribution in [1.82, 2.24) is 20.3 Å². The number of carbonyl (C=O) groups excluding carboxylic acids is 1. The Morgan fingerprint density at radius 2 is 1.66 bits per heavy atom. The van der Waals surface area contributed by atoms with Crippen molar-refractivity contribution in [2.24, 2.45) is 0 Å². The van der Waals surface area contributed by atoms with Crippen molar-refractivity contribution in [2.45, 2.75) is 13.8 Å². The summed E-state index contributed by atoms with van der Waals surface area (Å²) in [6.07, 6.45) is 0. The Hall–Kier alpha value is -4.82. The van der Waals surface area contributed by atoms with Gasteiger partial charge in [0.15, 0.2) is 10.9 Å². The van der Waals surface area contributed by atoms with Gasteiger partial charge in [-0.1, -0.05) is 48.5 Å². The van der Waals surface area contributed by atoms with E-state index in [4.69, 9.17) is 16.6 Å². The van der Waals surface area contributed by atoms with Gasteiger partial charge in [-0.15, -0.1) is 15.0 Å². The maximum Gasteiger partial charge on any atom is 0.293 e. The first-order valence-corrected chi connectivity index (χ1v) is 12.5. The number of hydrogen-bond donors (Lipinski definition) is 2. The topological polar surface area (TPSA) is 85.0 Å². The largest absolute Gasteiger partial charge is 0.451 e.